The number of halogens is 1. The Morgan fingerprint density at radius 1 is 1.19 bits per heavy atom. The van der Waals surface area contributed by atoms with E-state index < -0.39 is 13.7 Å². The Morgan fingerprint density at radius 3 is 2.44 bits per heavy atom. The standard InChI is InChI=1S/C24H39IN6O4Si/c1-24(2,3)35-23(33)26-15-11-16-7-8-17(12-15)31(16)21-18(13-32)27-19-20(25)29-30(22(19)28-21)14-34-9-10-36(4,5)6/h15-17,32H,7-14H2,1-6H3,(H,26,33). The molecule has 0 spiro atoms. The van der Waals surface area contributed by atoms with E-state index in [2.05, 4.69) is 57.5 Å². The van der Waals surface area contributed by atoms with Gasteiger partial charge in [-0.1, -0.05) is 19.6 Å². The average Bonchev–Trinajstić information content (AvgIpc) is 3.20. The number of carbonyl (C=O) groups is 1. The summed E-state index contributed by atoms with van der Waals surface area (Å²) in [6.45, 7) is 13.4. The van der Waals surface area contributed by atoms with Crippen molar-refractivity contribution in [3.05, 3.63) is 9.39 Å². The maximum atomic E-state index is 12.3. The van der Waals surface area contributed by atoms with Crippen molar-refractivity contribution >= 4 is 53.7 Å². The lowest BCUT2D eigenvalue weighted by Crippen LogP contribution is -2.51. The number of hydrogen-bond donors (Lipinski definition) is 2. The van der Waals surface area contributed by atoms with E-state index in [9.17, 15) is 9.90 Å². The van der Waals surface area contributed by atoms with Gasteiger partial charge in [0.05, 0.1) is 6.61 Å². The van der Waals surface area contributed by atoms with Crippen LogP contribution in [0.25, 0.3) is 11.2 Å². The number of nitrogens with one attached hydrogen (secondary N) is 1. The highest BCUT2D eigenvalue weighted by Gasteiger charge is 2.43. The van der Waals surface area contributed by atoms with Crippen LogP contribution >= 0.6 is 22.6 Å². The van der Waals surface area contributed by atoms with E-state index in [0.717, 1.165) is 35.4 Å². The molecule has 12 heteroatoms. The van der Waals surface area contributed by atoms with Crippen LogP contribution in [-0.2, 0) is 22.8 Å². The van der Waals surface area contributed by atoms with Gasteiger partial charge in [0, 0.05) is 32.8 Å². The molecule has 2 bridgehead atoms. The van der Waals surface area contributed by atoms with Gasteiger partial charge in [0.15, 0.2) is 15.2 Å². The summed E-state index contributed by atoms with van der Waals surface area (Å²) in [5, 5.41) is 17.8. The molecule has 4 heterocycles. The number of alkyl carbamates (subject to hydrolysis) is 1. The average molecular weight is 631 g/mol. The van der Waals surface area contributed by atoms with E-state index in [-0.39, 0.29) is 30.8 Å². The summed E-state index contributed by atoms with van der Waals surface area (Å²) in [6.07, 6.45) is 3.26. The molecule has 36 heavy (non-hydrogen) atoms. The molecule has 200 valence electrons. The minimum absolute atomic E-state index is 0.0501. The monoisotopic (exact) mass is 630 g/mol. The highest BCUT2D eigenvalue weighted by molar-refractivity contribution is 14.1. The molecule has 2 N–H and O–H groups in total. The number of ether oxygens (including phenoxy) is 2. The fraction of sp³-hybridized carbons (Fsp3) is 0.750. The minimum atomic E-state index is -1.18. The number of amides is 1. The van der Waals surface area contributed by atoms with Crippen molar-refractivity contribution < 1.29 is 19.4 Å². The van der Waals surface area contributed by atoms with Crippen molar-refractivity contribution in [3.63, 3.8) is 0 Å². The first-order chi connectivity index (χ1) is 16.8. The number of rotatable bonds is 8. The zero-order chi connectivity index (χ0) is 26.3. The van der Waals surface area contributed by atoms with E-state index in [4.69, 9.17) is 19.4 Å². The second-order valence-corrected chi connectivity index (χ2v) is 18.7. The molecule has 2 saturated heterocycles. The third kappa shape index (κ3) is 6.48. The van der Waals surface area contributed by atoms with Crippen LogP contribution in [0.4, 0.5) is 10.6 Å². The summed E-state index contributed by atoms with van der Waals surface area (Å²) in [5.41, 5.74) is 1.40. The molecular weight excluding hydrogens is 591 g/mol. The molecule has 2 aliphatic heterocycles. The number of aliphatic hydroxyl groups is 1. The van der Waals surface area contributed by atoms with E-state index in [1.807, 2.05) is 20.8 Å². The van der Waals surface area contributed by atoms with Crippen molar-refractivity contribution in [2.75, 3.05) is 11.5 Å². The summed E-state index contributed by atoms with van der Waals surface area (Å²) in [7, 11) is -1.18. The lowest BCUT2D eigenvalue weighted by Gasteiger charge is -2.40. The Kier molecular flexibility index (Phi) is 8.18. The Morgan fingerprint density at radius 2 is 1.86 bits per heavy atom. The molecule has 2 aliphatic rings. The number of carbonyl (C=O) groups excluding carboxylic acids is 1. The first kappa shape index (κ1) is 27.5. The molecule has 0 saturated carbocycles. The SMILES string of the molecule is CC(C)(C)OC(=O)NC1CC2CCC(C1)N2c1nc2c(nc1CO)c(I)nn2COCC[Si](C)(C)C. The molecule has 1 amide bonds. The van der Waals surface area contributed by atoms with Gasteiger partial charge in [0.25, 0.3) is 0 Å². The van der Waals surface area contributed by atoms with Crippen LogP contribution in [0, 0.1) is 3.70 Å². The van der Waals surface area contributed by atoms with Crippen LogP contribution in [0.15, 0.2) is 0 Å². The first-order valence-electron chi connectivity index (χ1n) is 12.7. The van der Waals surface area contributed by atoms with E-state index in [1.165, 1.54) is 0 Å². The molecule has 2 aromatic rings. The van der Waals surface area contributed by atoms with Gasteiger partial charge in [0.2, 0.25) is 0 Å². The lowest BCUT2D eigenvalue weighted by atomic mass is 9.97. The Hall–Kier alpha value is -1.51. The van der Waals surface area contributed by atoms with Crippen molar-refractivity contribution in [1.82, 2.24) is 25.1 Å². The van der Waals surface area contributed by atoms with Gasteiger partial charge >= 0.3 is 6.09 Å². The molecular formula is C24H39IN6O4Si. The van der Waals surface area contributed by atoms with Gasteiger partial charge in [-0.25, -0.2) is 19.4 Å². The van der Waals surface area contributed by atoms with Crippen LogP contribution in [0.1, 0.15) is 52.1 Å². The van der Waals surface area contributed by atoms with E-state index >= 15 is 0 Å². The number of fused-ring (bicyclic) bond motifs is 3. The second-order valence-electron chi connectivity index (χ2n) is 12.1. The molecule has 0 aliphatic carbocycles. The fourth-order valence-electron chi connectivity index (χ4n) is 5.02. The largest absolute Gasteiger partial charge is 0.444 e. The third-order valence-corrected chi connectivity index (χ3v) is 9.07. The molecule has 0 radical (unpaired) electrons. The van der Waals surface area contributed by atoms with Crippen molar-refractivity contribution in [2.45, 2.75) is 109 Å². The number of aliphatic hydroxyl groups excluding tert-OH is 1. The van der Waals surface area contributed by atoms with E-state index in [1.54, 1.807) is 4.68 Å². The van der Waals surface area contributed by atoms with Crippen LogP contribution in [0.3, 0.4) is 0 Å². The van der Waals surface area contributed by atoms with Crippen LogP contribution in [-0.4, -0.2) is 69.4 Å². The molecule has 2 unspecified atom stereocenters. The van der Waals surface area contributed by atoms with Gasteiger partial charge in [0.1, 0.15) is 23.5 Å². The molecule has 2 fully saturated rings. The molecule has 2 atom stereocenters. The highest BCUT2D eigenvalue weighted by Crippen LogP contribution is 2.40. The van der Waals surface area contributed by atoms with Gasteiger partial charge in [-0.2, -0.15) is 5.10 Å². The maximum Gasteiger partial charge on any atom is 0.407 e. The zero-order valence-electron chi connectivity index (χ0n) is 22.2. The normalized spacial score (nSPS) is 22.3. The quantitative estimate of drug-likeness (QED) is 0.253. The van der Waals surface area contributed by atoms with Crippen molar-refractivity contribution in [3.8, 4) is 0 Å². The topological polar surface area (TPSA) is 115 Å². The predicted molar refractivity (Wildman–Crippen MR) is 150 cm³/mol. The molecule has 0 aromatic carbocycles. The number of anilines is 1. The van der Waals surface area contributed by atoms with E-state index in [0.29, 0.717) is 36.0 Å². The van der Waals surface area contributed by atoms with Crippen LogP contribution in [0.5, 0.6) is 0 Å². The lowest BCUT2D eigenvalue weighted by molar-refractivity contribution is 0.0492. The summed E-state index contributed by atoms with van der Waals surface area (Å²) in [6, 6.07) is 1.56. The highest BCUT2D eigenvalue weighted by atomic mass is 127. The number of hydrogen-bond acceptors (Lipinski definition) is 8. The van der Waals surface area contributed by atoms with Gasteiger partial charge in [-0.05, 0) is 75.1 Å². The first-order valence-corrected chi connectivity index (χ1v) is 17.5. The van der Waals surface area contributed by atoms with Crippen molar-refractivity contribution in [1.29, 1.82) is 0 Å². The fourth-order valence-corrected chi connectivity index (χ4v) is 6.40. The Balaban J connectivity index is 1.53. The third-order valence-electron chi connectivity index (χ3n) is 6.64. The summed E-state index contributed by atoms with van der Waals surface area (Å²) in [5.74, 6) is 0.716. The summed E-state index contributed by atoms with van der Waals surface area (Å²) < 4.78 is 13.9. The Bertz CT molecular complexity index is 1080. The van der Waals surface area contributed by atoms with Crippen LogP contribution < -0.4 is 10.2 Å². The number of aromatic nitrogens is 4. The van der Waals surface area contributed by atoms with Crippen molar-refractivity contribution in [2.24, 2.45) is 0 Å². The molecule has 4 rings (SSSR count). The van der Waals surface area contributed by atoms with Crippen LogP contribution in [0.2, 0.25) is 25.7 Å². The van der Waals surface area contributed by atoms with Gasteiger partial charge in [-0.3, -0.25) is 0 Å². The predicted octanol–water partition coefficient (Wildman–Crippen LogP) is 4.26. The molecule has 2 aromatic heterocycles. The number of piperidine rings is 1. The number of nitrogens with zero attached hydrogens (tertiary/aromatic N) is 5. The smallest absolute Gasteiger partial charge is 0.407 e. The Labute approximate surface area is 227 Å². The summed E-state index contributed by atoms with van der Waals surface area (Å²) in [4.78, 5) is 24.4. The van der Waals surface area contributed by atoms with Gasteiger partial charge in [-0.15, -0.1) is 0 Å². The summed E-state index contributed by atoms with van der Waals surface area (Å²) >= 11 is 2.16. The minimum Gasteiger partial charge on any atom is -0.444 e. The van der Waals surface area contributed by atoms with Gasteiger partial charge < -0.3 is 24.8 Å². The second kappa shape index (κ2) is 10.7. The molecule has 10 nitrogen and oxygen atoms in total. The zero-order valence-corrected chi connectivity index (χ0v) is 25.3. The maximum absolute atomic E-state index is 12.3.